The van der Waals surface area contributed by atoms with Crippen molar-refractivity contribution in [3.63, 3.8) is 0 Å². The molecule has 0 spiro atoms. The summed E-state index contributed by atoms with van der Waals surface area (Å²) in [6.45, 7) is 4.98. The summed E-state index contributed by atoms with van der Waals surface area (Å²) in [5.74, 6) is -0.0152. The lowest BCUT2D eigenvalue weighted by Gasteiger charge is -2.22. The van der Waals surface area contributed by atoms with Gasteiger partial charge in [-0.25, -0.2) is 0 Å². The van der Waals surface area contributed by atoms with Crippen LogP contribution in [0.25, 0.3) is 0 Å². The molecule has 6 nitrogen and oxygen atoms in total. The largest absolute Gasteiger partial charge is 0.466 e. The molecular weight excluding hydrogens is 839 g/mol. The van der Waals surface area contributed by atoms with Gasteiger partial charge >= 0.3 is 5.97 Å². The van der Waals surface area contributed by atoms with Crippen LogP contribution in [-0.2, 0) is 14.3 Å². The third-order valence-electron chi connectivity index (χ3n) is 14.9. The fourth-order valence-corrected chi connectivity index (χ4v) is 10.1. The quantitative estimate of drug-likeness (QED) is 0.0417. The minimum absolute atomic E-state index is 0.0172. The molecule has 3 N–H and O–H groups in total. The second-order valence-electron chi connectivity index (χ2n) is 21.8. The number of aliphatic hydroxyl groups excluding tert-OH is 2. The lowest BCUT2D eigenvalue weighted by atomic mass is 10.0. The van der Waals surface area contributed by atoms with Crippen LogP contribution in [0.3, 0.4) is 0 Å². The van der Waals surface area contributed by atoms with Crippen LogP contribution >= 0.6 is 0 Å². The zero-order valence-electron chi connectivity index (χ0n) is 46.4. The van der Waals surface area contributed by atoms with Crippen molar-refractivity contribution in [3.05, 3.63) is 0 Å². The van der Waals surface area contributed by atoms with Crippen LogP contribution in [0.5, 0.6) is 0 Å². The van der Waals surface area contributed by atoms with E-state index in [0.29, 0.717) is 25.9 Å². The van der Waals surface area contributed by atoms with Gasteiger partial charge in [-0.1, -0.05) is 322 Å². The van der Waals surface area contributed by atoms with E-state index in [-0.39, 0.29) is 18.5 Å². The summed E-state index contributed by atoms with van der Waals surface area (Å²) in [7, 11) is 0. The van der Waals surface area contributed by atoms with Gasteiger partial charge in [0.15, 0.2) is 0 Å². The number of aliphatic hydroxyl groups is 2. The number of amides is 1. The topological polar surface area (TPSA) is 95.9 Å². The number of esters is 1. The van der Waals surface area contributed by atoms with Gasteiger partial charge in [-0.2, -0.15) is 0 Å². The minimum atomic E-state index is -0.662. The van der Waals surface area contributed by atoms with Crippen LogP contribution in [0.15, 0.2) is 0 Å². The van der Waals surface area contributed by atoms with Gasteiger partial charge in [-0.05, 0) is 25.7 Å². The Balaban J connectivity index is 3.35. The van der Waals surface area contributed by atoms with Crippen molar-refractivity contribution in [2.45, 2.75) is 373 Å². The van der Waals surface area contributed by atoms with Crippen molar-refractivity contribution in [2.75, 3.05) is 13.2 Å². The first-order chi connectivity index (χ1) is 33.5. The summed E-state index contributed by atoms with van der Waals surface area (Å²) in [5, 5.41) is 23.3. The molecule has 2 unspecified atom stereocenters. The van der Waals surface area contributed by atoms with Gasteiger partial charge in [-0.3, -0.25) is 9.59 Å². The van der Waals surface area contributed by atoms with Crippen molar-refractivity contribution in [1.82, 2.24) is 5.32 Å². The predicted molar refractivity (Wildman–Crippen MR) is 297 cm³/mol. The molecule has 406 valence electrons. The molecule has 68 heavy (non-hydrogen) atoms. The molecule has 0 fully saturated rings. The molecular formula is C62H123NO5. The summed E-state index contributed by atoms with van der Waals surface area (Å²) < 4.78 is 5.49. The van der Waals surface area contributed by atoms with Crippen LogP contribution < -0.4 is 5.32 Å². The monoisotopic (exact) mass is 962 g/mol. The van der Waals surface area contributed by atoms with Gasteiger partial charge in [0.05, 0.1) is 25.4 Å². The highest BCUT2D eigenvalue weighted by molar-refractivity contribution is 5.76. The Kier molecular flexibility index (Phi) is 57.5. The zero-order chi connectivity index (χ0) is 49.3. The molecule has 0 aromatic rings. The van der Waals surface area contributed by atoms with Crippen LogP contribution in [0.4, 0.5) is 0 Å². The number of unbranched alkanes of at least 4 members (excludes halogenated alkanes) is 48. The van der Waals surface area contributed by atoms with E-state index in [0.717, 1.165) is 38.5 Å². The second kappa shape index (κ2) is 58.4. The van der Waals surface area contributed by atoms with Crippen LogP contribution in [0.2, 0.25) is 0 Å². The summed E-state index contributed by atoms with van der Waals surface area (Å²) in [6.07, 6.45) is 68.3. The fourth-order valence-electron chi connectivity index (χ4n) is 10.1. The first-order valence-electron chi connectivity index (χ1n) is 31.3. The first kappa shape index (κ1) is 66.9. The predicted octanol–water partition coefficient (Wildman–Crippen LogP) is 19.5. The maximum Gasteiger partial charge on any atom is 0.305 e. The van der Waals surface area contributed by atoms with Gasteiger partial charge in [0.1, 0.15) is 0 Å². The molecule has 0 saturated heterocycles. The van der Waals surface area contributed by atoms with Gasteiger partial charge in [0, 0.05) is 12.8 Å². The maximum atomic E-state index is 12.5. The summed E-state index contributed by atoms with van der Waals surface area (Å²) >= 11 is 0. The average Bonchev–Trinajstić information content (AvgIpc) is 3.34. The number of carbonyl (C=O) groups is 2. The zero-order valence-corrected chi connectivity index (χ0v) is 46.4. The van der Waals surface area contributed by atoms with E-state index in [2.05, 4.69) is 19.2 Å². The molecule has 0 aliphatic rings. The number of ether oxygens (including phenoxy) is 1. The molecule has 0 aromatic heterocycles. The molecule has 0 aliphatic heterocycles. The number of carbonyl (C=O) groups excluding carboxylic acids is 2. The summed E-state index contributed by atoms with van der Waals surface area (Å²) in [5.41, 5.74) is 0. The lowest BCUT2D eigenvalue weighted by Crippen LogP contribution is -2.45. The Morgan fingerprint density at radius 1 is 0.353 bits per heavy atom. The smallest absolute Gasteiger partial charge is 0.305 e. The van der Waals surface area contributed by atoms with E-state index in [1.54, 1.807) is 0 Å². The number of rotatable bonds is 59. The molecule has 0 saturated carbocycles. The van der Waals surface area contributed by atoms with E-state index < -0.39 is 12.1 Å². The minimum Gasteiger partial charge on any atom is -0.466 e. The van der Waals surface area contributed by atoms with Gasteiger partial charge in [0.25, 0.3) is 0 Å². The van der Waals surface area contributed by atoms with E-state index >= 15 is 0 Å². The summed E-state index contributed by atoms with van der Waals surface area (Å²) in [4.78, 5) is 24.5. The Bertz CT molecular complexity index is 975. The molecule has 0 rings (SSSR count). The van der Waals surface area contributed by atoms with Gasteiger partial charge < -0.3 is 20.3 Å². The molecule has 6 heteroatoms. The second-order valence-corrected chi connectivity index (χ2v) is 21.8. The van der Waals surface area contributed by atoms with Crippen molar-refractivity contribution < 1.29 is 24.5 Å². The lowest BCUT2D eigenvalue weighted by molar-refractivity contribution is -0.143. The normalized spacial score (nSPS) is 12.5. The SMILES string of the molecule is CCCCCCCCCCCCCCCCCC(=O)OCCCCCCCCCCCCCCCCCCCCCCCCC(=O)NC(CO)C(O)CCCCCCCCCCCCCCCC. The van der Waals surface area contributed by atoms with Gasteiger partial charge in [0.2, 0.25) is 5.91 Å². The van der Waals surface area contributed by atoms with E-state index in [9.17, 15) is 19.8 Å². The Hall–Kier alpha value is -1.14. The summed E-state index contributed by atoms with van der Waals surface area (Å²) in [6, 6.07) is -0.540. The highest BCUT2D eigenvalue weighted by Crippen LogP contribution is 2.19. The van der Waals surface area contributed by atoms with Crippen molar-refractivity contribution >= 4 is 11.9 Å². The van der Waals surface area contributed by atoms with Crippen molar-refractivity contribution in [3.8, 4) is 0 Å². The Morgan fingerprint density at radius 3 is 0.897 bits per heavy atom. The molecule has 0 aliphatic carbocycles. The van der Waals surface area contributed by atoms with Crippen LogP contribution in [0.1, 0.15) is 361 Å². The Labute approximate surface area is 426 Å². The third-order valence-corrected chi connectivity index (χ3v) is 14.9. The van der Waals surface area contributed by atoms with Crippen molar-refractivity contribution in [2.24, 2.45) is 0 Å². The number of hydrogen-bond donors (Lipinski definition) is 3. The fraction of sp³-hybridized carbons (Fsp3) is 0.968. The van der Waals surface area contributed by atoms with E-state index in [1.165, 1.54) is 289 Å². The average molecular weight is 963 g/mol. The highest BCUT2D eigenvalue weighted by Gasteiger charge is 2.20. The molecule has 0 bridgehead atoms. The van der Waals surface area contributed by atoms with Crippen LogP contribution in [0, 0.1) is 0 Å². The first-order valence-corrected chi connectivity index (χ1v) is 31.3. The highest BCUT2D eigenvalue weighted by atomic mass is 16.5. The molecule has 2 atom stereocenters. The Morgan fingerprint density at radius 2 is 0.603 bits per heavy atom. The van der Waals surface area contributed by atoms with Crippen LogP contribution in [-0.4, -0.2) is 47.4 Å². The number of nitrogens with one attached hydrogen (secondary N) is 1. The molecule has 0 aromatic carbocycles. The third kappa shape index (κ3) is 54.2. The van der Waals surface area contributed by atoms with Gasteiger partial charge in [-0.15, -0.1) is 0 Å². The van der Waals surface area contributed by atoms with Crippen molar-refractivity contribution in [1.29, 1.82) is 0 Å². The molecule has 1 amide bonds. The standard InChI is InChI=1S/C62H123NO5/c1-3-5-7-9-11-13-15-17-27-32-36-40-44-48-52-56-62(67)68-57-53-49-45-41-37-33-29-26-24-22-20-19-21-23-25-28-31-35-39-43-47-51-55-61(66)63-59(58-64)60(65)54-50-46-42-38-34-30-18-16-14-12-10-8-6-4-2/h59-60,64-65H,3-58H2,1-2H3,(H,63,66). The molecule has 0 heterocycles. The molecule has 0 radical (unpaired) electrons. The maximum absolute atomic E-state index is 12.5. The number of hydrogen-bond acceptors (Lipinski definition) is 5. The van der Waals surface area contributed by atoms with E-state index in [1.807, 2.05) is 0 Å². The van der Waals surface area contributed by atoms with E-state index in [4.69, 9.17) is 4.74 Å².